The summed E-state index contributed by atoms with van der Waals surface area (Å²) in [5.74, 6) is 0.202. The third kappa shape index (κ3) is 4.29. The molecule has 1 aromatic rings. The van der Waals surface area contributed by atoms with Gasteiger partial charge < -0.3 is 9.80 Å². The van der Waals surface area contributed by atoms with Crippen LogP contribution in [0.15, 0.2) is 24.3 Å². The Kier molecular flexibility index (Phi) is 5.76. The van der Waals surface area contributed by atoms with Crippen LogP contribution in [0.3, 0.4) is 0 Å². The van der Waals surface area contributed by atoms with E-state index in [-0.39, 0.29) is 5.91 Å². The molecule has 0 unspecified atom stereocenters. The van der Waals surface area contributed by atoms with Crippen molar-refractivity contribution >= 4 is 11.6 Å². The summed E-state index contributed by atoms with van der Waals surface area (Å²) in [7, 11) is 0. The first-order valence-corrected chi connectivity index (χ1v) is 7.95. The van der Waals surface area contributed by atoms with Gasteiger partial charge in [0.25, 0.3) is 0 Å². The van der Waals surface area contributed by atoms with Gasteiger partial charge in [-0.05, 0) is 38.1 Å². The molecule has 116 valence electrons. The van der Waals surface area contributed by atoms with Crippen LogP contribution < -0.4 is 4.90 Å². The number of aryl methyl sites for hydroxylation is 1. The highest BCUT2D eigenvalue weighted by molar-refractivity contribution is 5.94. The first-order valence-electron chi connectivity index (χ1n) is 7.95. The van der Waals surface area contributed by atoms with Crippen molar-refractivity contribution in [3.05, 3.63) is 29.8 Å². The van der Waals surface area contributed by atoms with Gasteiger partial charge in [0.05, 0.1) is 6.54 Å². The number of likely N-dealkylation sites (N-methyl/N-ethyl adjacent to an activating group) is 2. The summed E-state index contributed by atoms with van der Waals surface area (Å²) < 4.78 is 0. The molecule has 0 spiro atoms. The summed E-state index contributed by atoms with van der Waals surface area (Å²) in [5, 5.41) is 0. The van der Waals surface area contributed by atoms with E-state index >= 15 is 0 Å². The summed E-state index contributed by atoms with van der Waals surface area (Å²) in [4.78, 5) is 19.2. The Hall–Kier alpha value is -1.39. The van der Waals surface area contributed by atoms with Gasteiger partial charge in [0.1, 0.15) is 0 Å². The van der Waals surface area contributed by atoms with Crippen LogP contribution in [-0.4, -0.2) is 61.5 Å². The van der Waals surface area contributed by atoms with Crippen molar-refractivity contribution in [1.29, 1.82) is 0 Å². The van der Waals surface area contributed by atoms with E-state index in [1.807, 2.05) is 24.0 Å². The zero-order chi connectivity index (χ0) is 15.2. The van der Waals surface area contributed by atoms with Crippen LogP contribution in [0.25, 0.3) is 0 Å². The quantitative estimate of drug-likeness (QED) is 0.829. The Morgan fingerprint density at radius 1 is 1.14 bits per heavy atom. The van der Waals surface area contributed by atoms with Gasteiger partial charge >= 0.3 is 0 Å². The van der Waals surface area contributed by atoms with Crippen molar-refractivity contribution in [1.82, 2.24) is 9.80 Å². The minimum absolute atomic E-state index is 0.202. The number of carbonyl (C=O) groups excluding carboxylic acids is 1. The van der Waals surface area contributed by atoms with Crippen LogP contribution in [-0.2, 0) is 4.79 Å². The van der Waals surface area contributed by atoms with Crippen molar-refractivity contribution in [3.63, 3.8) is 0 Å². The SMILES string of the molecule is CCN1CCN(CC(=O)N(CC)c2cccc(C)c2)CC1. The van der Waals surface area contributed by atoms with Gasteiger partial charge in [0.2, 0.25) is 5.91 Å². The molecule has 1 heterocycles. The fourth-order valence-corrected chi connectivity index (χ4v) is 2.84. The highest BCUT2D eigenvalue weighted by Gasteiger charge is 2.21. The minimum atomic E-state index is 0.202. The molecule has 1 amide bonds. The van der Waals surface area contributed by atoms with E-state index in [0.29, 0.717) is 6.54 Å². The molecule has 2 rings (SSSR count). The van der Waals surface area contributed by atoms with E-state index in [9.17, 15) is 4.79 Å². The number of hydrogen-bond acceptors (Lipinski definition) is 3. The van der Waals surface area contributed by atoms with E-state index in [4.69, 9.17) is 0 Å². The molecule has 0 N–H and O–H groups in total. The number of amides is 1. The van der Waals surface area contributed by atoms with Gasteiger partial charge in [-0.25, -0.2) is 0 Å². The monoisotopic (exact) mass is 289 g/mol. The third-order valence-electron chi connectivity index (χ3n) is 4.20. The zero-order valence-electron chi connectivity index (χ0n) is 13.5. The molecule has 0 saturated carbocycles. The van der Waals surface area contributed by atoms with E-state index in [2.05, 4.69) is 35.8 Å². The number of rotatable bonds is 5. The van der Waals surface area contributed by atoms with Gasteiger partial charge in [-0.3, -0.25) is 9.69 Å². The Morgan fingerprint density at radius 3 is 2.38 bits per heavy atom. The lowest BCUT2D eigenvalue weighted by Gasteiger charge is -2.34. The predicted molar refractivity (Wildman–Crippen MR) is 87.8 cm³/mol. The third-order valence-corrected chi connectivity index (χ3v) is 4.20. The summed E-state index contributed by atoms with van der Waals surface area (Å²) in [5.41, 5.74) is 2.20. The smallest absolute Gasteiger partial charge is 0.241 e. The van der Waals surface area contributed by atoms with Crippen LogP contribution in [0.4, 0.5) is 5.69 Å². The van der Waals surface area contributed by atoms with Crippen molar-refractivity contribution < 1.29 is 4.79 Å². The minimum Gasteiger partial charge on any atom is -0.312 e. The summed E-state index contributed by atoms with van der Waals surface area (Å²) in [6, 6.07) is 8.17. The second kappa shape index (κ2) is 7.57. The van der Waals surface area contributed by atoms with E-state index < -0.39 is 0 Å². The molecule has 0 aliphatic carbocycles. The molecule has 0 atom stereocenters. The molecule has 0 aromatic heterocycles. The van der Waals surface area contributed by atoms with Crippen molar-refractivity contribution in [2.45, 2.75) is 20.8 Å². The molecular formula is C17H27N3O. The second-order valence-corrected chi connectivity index (χ2v) is 5.69. The van der Waals surface area contributed by atoms with Crippen molar-refractivity contribution in [2.24, 2.45) is 0 Å². The maximum Gasteiger partial charge on any atom is 0.241 e. The predicted octanol–water partition coefficient (Wildman–Crippen LogP) is 1.99. The molecule has 4 heteroatoms. The normalized spacial score (nSPS) is 16.9. The first-order chi connectivity index (χ1) is 10.1. The highest BCUT2D eigenvalue weighted by atomic mass is 16.2. The fourth-order valence-electron chi connectivity index (χ4n) is 2.84. The van der Waals surface area contributed by atoms with Crippen LogP contribution in [0.2, 0.25) is 0 Å². The number of carbonyl (C=O) groups is 1. The molecule has 0 radical (unpaired) electrons. The number of piperazine rings is 1. The van der Waals surface area contributed by atoms with E-state index in [0.717, 1.165) is 45.0 Å². The van der Waals surface area contributed by atoms with Gasteiger partial charge in [-0.1, -0.05) is 19.1 Å². The molecule has 1 aliphatic heterocycles. The number of benzene rings is 1. The molecule has 1 aromatic carbocycles. The number of hydrogen-bond donors (Lipinski definition) is 0. The molecule has 1 aliphatic rings. The molecule has 4 nitrogen and oxygen atoms in total. The lowest BCUT2D eigenvalue weighted by atomic mass is 10.2. The Bertz CT molecular complexity index is 467. The second-order valence-electron chi connectivity index (χ2n) is 5.69. The molecule has 21 heavy (non-hydrogen) atoms. The lowest BCUT2D eigenvalue weighted by Crippen LogP contribution is -2.50. The molecule has 0 bridgehead atoms. The lowest BCUT2D eigenvalue weighted by molar-refractivity contribution is -0.120. The van der Waals surface area contributed by atoms with Gasteiger partial charge in [0.15, 0.2) is 0 Å². The largest absolute Gasteiger partial charge is 0.312 e. The average Bonchev–Trinajstić information content (AvgIpc) is 2.49. The summed E-state index contributed by atoms with van der Waals surface area (Å²) in [6.45, 7) is 12.8. The first kappa shape index (κ1) is 16.0. The standard InChI is InChI=1S/C17H27N3O/c1-4-18-9-11-19(12-10-18)14-17(21)20(5-2)16-8-6-7-15(3)13-16/h6-8,13H,4-5,9-12,14H2,1-3H3. The van der Waals surface area contributed by atoms with Gasteiger partial charge in [0, 0.05) is 38.4 Å². The summed E-state index contributed by atoms with van der Waals surface area (Å²) in [6.07, 6.45) is 0. The fraction of sp³-hybridized carbons (Fsp3) is 0.588. The van der Waals surface area contributed by atoms with Crippen LogP contribution >= 0.6 is 0 Å². The van der Waals surface area contributed by atoms with Crippen LogP contribution in [0.5, 0.6) is 0 Å². The topological polar surface area (TPSA) is 26.8 Å². The Labute approximate surface area is 128 Å². The van der Waals surface area contributed by atoms with Gasteiger partial charge in [-0.15, -0.1) is 0 Å². The molecule has 1 fully saturated rings. The average molecular weight is 289 g/mol. The maximum atomic E-state index is 12.6. The summed E-state index contributed by atoms with van der Waals surface area (Å²) >= 11 is 0. The Morgan fingerprint density at radius 2 is 1.81 bits per heavy atom. The van der Waals surface area contributed by atoms with Gasteiger partial charge in [-0.2, -0.15) is 0 Å². The van der Waals surface area contributed by atoms with Crippen LogP contribution in [0, 0.1) is 6.92 Å². The molecule has 1 saturated heterocycles. The number of nitrogens with zero attached hydrogens (tertiary/aromatic N) is 3. The van der Waals surface area contributed by atoms with E-state index in [1.54, 1.807) is 0 Å². The van der Waals surface area contributed by atoms with Crippen molar-refractivity contribution in [3.8, 4) is 0 Å². The van der Waals surface area contributed by atoms with Crippen molar-refractivity contribution in [2.75, 3.05) is 50.7 Å². The van der Waals surface area contributed by atoms with Crippen LogP contribution in [0.1, 0.15) is 19.4 Å². The molecular weight excluding hydrogens is 262 g/mol. The number of anilines is 1. The van der Waals surface area contributed by atoms with E-state index in [1.165, 1.54) is 5.56 Å². The Balaban J connectivity index is 1.95. The maximum absolute atomic E-state index is 12.6. The zero-order valence-corrected chi connectivity index (χ0v) is 13.5. The highest BCUT2D eigenvalue weighted by Crippen LogP contribution is 2.16.